The van der Waals surface area contributed by atoms with Crippen LogP contribution in [0.2, 0.25) is 0 Å². The molecule has 7 nitrogen and oxygen atoms in total. The minimum atomic E-state index is -0.143. The number of benzene rings is 1. The third-order valence-electron chi connectivity index (χ3n) is 6.10. The molecule has 1 aromatic heterocycles. The fraction of sp³-hybridized carbons (Fsp3) is 0.417. The number of nitrogens with one attached hydrogen (secondary N) is 4. The van der Waals surface area contributed by atoms with Crippen molar-refractivity contribution in [1.82, 2.24) is 20.5 Å². The van der Waals surface area contributed by atoms with E-state index in [4.69, 9.17) is 0 Å². The smallest absolute Gasteiger partial charge is 0.256 e. The van der Waals surface area contributed by atoms with E-state index in [1.54, 1.807) is 0 Å². The highest BCUT2D eigenvalue weighted by molar-refractivity contribution is 9.10. The second kappa shape index (κ2) is 9.21. The lowest BCUT2D eigenvalue weighted by molar-refractivity contribution is -0.110. The number of H-pyrrole nitrogens is 1. The summed E-state index contributed by atoms with van der Waals surface area (Å²) in [6, 6.07) is 6.62. The van der Waals surface area contributed by atoms with Crippen LogP contribution in [0, 0.1) is 13.8 Å². The number of carbonyl (C=O) groups is 2. The van der Waals surface area contributed by atoms with E-state index in [1.165, 1.54) is 0 Å². The number of carbonyl (C=O) groups excluding carboxylic acids is 2. The molecule has 4 N–H and O–H groups in total. The normalized spacial score (nSPS) is 22.2. The number of halogens is 1. The van der Waals surface area contributed by atoms with Crippen LogP contribution in [0.15, 0.2) is 22.7 Å². The first kappa shape index (κ1) is 22.8. The highest BCUT2D eigenvalue weighted by Crippen LogP contribution is 2.35. The molecule has 3 heterocycles. The topological polar surface area (TPSA) is 89.3 Å². The maximum absolute atomic E-state index is 12.9. The maximum atomic E-state index is 12.9. The summed E-state index contributed by atoms with van der Waals surface area (Å²) < 4.78 is 0.909. The first-order valence-electron chi connectivity index (χ1n) is 11.0. The number of aryl methyl sites for hydroxylation is 1. The Morgan fingerprint density at radius 3 is 2.69 bits per heavy atom. The van der Waals surface area contributed by atoms with Gasteiger partial charge in [0.15, 0.2) is 0 Å². The van der Waals surface area contributed by atoms with Gasteiger partial charge in [-0.05, 0) is 57.5 Å². The third-order valence-corrected chi connectivity index (χ3v) is 6.60. The molecule has 32 heavy (non-hydrogen) atoms. The molecule has 0 bridgehead atoms. The van der Waals surface area contributed by atoms with E-state index >= 15 is 0 Å². The molecule has 2 aliphatic rings. The molecule has 1 saturated heterocycles. The van der Waals surface area contributed by atoms with Crippen molar-refractivity contribution in [3.63, 3.8) is 0 Å². The Bertz CT molecular complexity index is 1080. The van der Waals surface area contributed by atoms with Gasteiger partial charge in [-0.3, -0.25) is 14.5 Å². The van der Waals surface area contributed by atoms with Gasteiger partial charge in [0.2, 0.25) is 0 Å². The number of hydrogen-bond donors (Lipinski definition) is 4. The van der Waals surface area contributed by atoms with Crippen LogP contribution >= 0.6 is 15.9 Å². The first-order chi connectivity index (χ1) is 15.2. The molecule has 1 fully saturated rings. The van der Waals surface area contributed by atoms with E-state index in [2.05, 4.69) is 55.6 Å². The molecular weight excluding hydrogens is 470 g/mol. The number of aromatic nitrogens is 1. The van der Waals surface area contributed by atoms with E-state index in [1.807, 2.05) is 38.1 Å². The Labute approximate surface area is 197 Å². The van der Waals surface area contributed by atoms with Gasteiger partial charge >= 0.3 is 0 Å². The number of nitrogens with zero attached hydrogens (tertiary/aromatic N) is 1. The van der Waals surface area contributed by atoms with Crippen LogP contribution in [0.1, 0.15) is 46.7 Å². The monoisotopic (exact) mass is 499 g/mol. The Morgan fingerprint density at radius 2 is 1.97 bits per heavy atom. The summed E-state index contributed by atoms with van der Waals surface area (Å²) >= 11 is 3.47. The van der Waals surface area contributed by atoms with Crippen molar-refractivity contribution in [2.45, 2.75) is 39.8 Å². The van der Waals surface area contributed by atoms with Crippen LogP contribution in [-0.2, 0) is 4.79 Å². The molecule has 2 amide bonds. The second-order valence-electron chi connectivity index (χ2n) is 8.85. The van der Waals surface area contributed by atoms with E-state index < -0.39 is 0 Å². The van der Waals surface area contributed by atoms with Gasteiger partial charge in [0, 0.05) is 65.4 Å². The molecule has 2 atom stereocenters. The van der Waals surface area contributed by atoms with Gasteiger partial charge < -0.3 is 20.9 Å². The Balaban J connectivity index is 1.48. The lowest BCUT2D eigenvalue weighted by Crippen LogP contribution is -2.55. The molecule has 1 aromatic carbocycles. The van der Waals surface area contributed by atoms with E-state index in [0.29, 0.717) is 29.8 Å². The summed E-state index contributed by atoms with van der Waals surface area (Å²) in [5, 5.41) is 9.49. The van der Waals surface area contributed by atoms with Gasteiger partial charge in [0.05, 0.1) is 11.1 Å². The van der Waals surface area contributed by atoms with Crippen LogP contribution in [0.25, 0.3) is 11.6 Å². The summed E-state index contributed by atoms with van der Waals surface area (Å²) in [4.78, 5) is 31.1. The number of fused-ring (bicyclic) bond motifs is 1. The number of anilines is 1. The van der Waals surface area contributed by atoms with Crippen molar-refractivity contribution in [2.75, 3.05) is 31.5 Å². The van der Waals surface area contributed by atoms with E-state index in [0.717, 1.165) is 52.3 Å². The standard InChI is InChI=1S/C24H30BrN5O2/c1-13-11-30(12-14(2)27-13)8-7-26-24(32)22-15(3)21(28-16(22)4)10-19-18-9-17(25)5-6-20(18)29-23(19)31/h5-6,9-10,13-14,27-28H,7-8,11-12H2,1-4H3,(H,26,32)(H,29,31)/b19-10-. The molecule has 0 saturated carbocycles. The van der Waals surface area contributed by atoms with Crippen molar-refractivity contribution >= 4 is 45.1 Å². The molecule has 170 valence electrons. The Morgan fingerprint density at radius 1 is 1.25 bits per heavy atom. The predicted octanol–water partition coefficient (Wildman–Crippen LogP) is 3.30. The average molecular weight is 500 g/mol. The van der Waals surface area contributed by atoms with Crippen molar-refractivity contribution < 1.29 is 9.59 Å². The molecule has 2 unspecified atom stereocenters. The fourth-order valence-corrected chi connectivity index (χ4v) is 5.11. The Hall–Kier alpha value is -2.42. The van der Waals surface area contributed by atoms with Crippen LogP contribution in [0.3, 0.4) is 0 Å². The zero-order valence-corrected chi connectivity index (χ0v) is 20.5. The number of aromatic amines is 1. The summed E-state index contributed by atoms with van der Waals surface area (Å²) in [6.45, 7) is 11.6. The largest absolute Gasteiger partial charge is 0.358 e. The zero-order chi connectivity index (χ0) is 23.0. The molecule has 2 aliphatic heterocycles. The van der Waals surface area contributed by atoms with Crippen LogP contribution in [-0.4, -0.2) is 60.0 Å². The lowest BCUT2D eigenvalue weighted by Gasteiger charge is -2.36. The van der Waals surface area contributed by atoms with Crippen molar-refractivity contribution in [3.05, 3.63) is 50.8 Å². The number of piperazine rings is 1. The zero-order valence-electron chi connectivity index (χ0n) is 18.9. The molecule has 0 aliphatic carbocycles. The summed E-state index contributed by atoms with van der Waals surface area (Å²) in [5.74, 6) is -0.230. The van der Waals surface area contributed by atoms with Gasteiger partial charge in [0.25, 0.3) is 11.8 Å². The Kier molecular flexibility index (Phi) is 6.55. The maximum Gasteiger partial charge on any atom is 0.256 e. The summed E-state index contributed by atoms with van der Waals surface area (Å²) in [7, 11) is 0. The minimum Gasteiger partial charge on any atom is -0.358 e. The third kappa shape index (κ3) is 4.67. The van der Waals surface area contributed by atoms with Crippen LogP contribution in [0.4, 0.5) is 5.69 Å². The van der Waals surface area contributed by atoms with Crippen LogP contribution < -0.4 is 16.0 Å². The number of amides is 2. The summed E-state index contributed by atoms with van der Waals surface area (Å²) in [6.07, 6.45) is 1.83. The molecule has 8 heteroatoms. The van der Waals surface area contributed by atoms with Crippen molar-refractivity contribution in [1.29, 1.82) is 0 Å². The SMILES string of the molecule is Cc1[nH]c(/C=C2\C(=O)Nc3ccc(Br)cc32)c(C)c1C(=O)NCCN1CC(C)NC(C)C1. The highest BCUT2D eigenvalue weighted by atomic mass is 79.9. The fourth-order valence-electron chi connectivity index (χ4n) is 4.75. The summed E-state index contributed by atoms with van der Waals surface area (Å²) in [5.41, 5.74) is 5.28. The molecule has 0 spiro atoms. The van der Waals surface area contributed by atoms with E-state index in [-0.39, 0.29) is 11.8 Å². The molecule has 4 rings (SSSR count). The van der Waals surface area contributed by atoms with Gasteiger partial charge in [-0.25, -0.2) is 0 Å². The lowest BCUT2D eigenvalue weighted by atomic mass is 10.0. The van der Waals surface area contributed by atoms with Gasteiger partial charge in [-0.2, -0.15) is 0 Å². The van der Waals surface area contributed by atoms with Gasteiger partial charge in [-0.1, -0.05) is 15.9 Å². The quantitative estimate of drug-likeness (QED) is 0.475. The van der Waals surface area contributed by atoms with Crippen molar-refractivity contribution in [2.24, 2.45) is 0 Å². The van der Waals surface area contributed by atoms with E-state index in [9.17, 15) is 9.59 Å². The number of rotatable bonds is 5. The second-order valence-corrected chi connectivity index (χ2v) is 9.77. The first-order valence-corrected chi connectivity index (χ1v) is 11.8. The highest BCUT2D eigenvalue weighted by Gasteiger charge is 2.26. The molecule has 2 aromatic rings. The van der Waals surface area contributed by atoms with Crippen LogP contribution in [0.5, 0.6) is 0 Å². The van der Waals surface area contributed by atoms with Gasteiger partial charge in [-0.15, -0.1) is 0 Å². The number of hydrogen-bond acceptors (Lipinski definition) is 4. The van der Waals surface area contributed by atoms with Gasteiger partial charge in [0.1, 0.15) is 0 Å². The molecular formula is C24H30BrN5O2. The average Bonchev–Trinajstić information content (AvgIpc) is 3.16. The minimum absolute atomic E-state index is 0.0869. The molecule has 0 radical (unpaired) electrons. The predicted molar refractivity (Wildman–Crippen MR) is 132 cm³/mol. The van der Waals surface area contributed by atoms with Crippen molar-refractivity contribution in [3.8, 4) is 0 Å².